The molecule has 2 N–H and O–H groups in total. The summed E-state index contributed by atoms with van der Waals surface area (Å²) in [6.07, 6.45) is 0.611. The van der Waals surface area contributed by atoms with Crippen molar-refractivity contribution in [3.63, 3.8) is 0 Å². The number of hydrogen-bond donors (Lipinski definition) is 2. The third kappa shape index (κ3) is 2.89. The summed E-state index contributed by atoms with van der Waals surface area (Å²) in [6.45, 7) is 3.89. The first-order chi connectivity index (χ1) is 8.52. The van der Waals surface area contributed by atoms with Gasteiger partial charge in [-0.2, -0.15) is 0 Å². The Morgan fingerprint density at radius 1 is 1.44 bits per heavy atom. The largest absolute Gasteiger partial charge is 0.388 e. The SMILES string of the molecule is CCC(C)(O)CNC(=O)c1cc2ccccc2s1. The average molecular weight is 263 g/mol. The Labute approximate surface area is 110 Å². The Balaban J connectivity index is 2.09. The first-order valence-corrected chi connectivity index (χ1v) is 6.82. The predicted octanol–water partition coefficient (Wildman–Crippen LogP) is 2.79. The Bertz CT molecular complexity index is 527. The highest BCUT2D eigenvalue weighted by atomic mass is 32.1. The number of hydrogen-bond acceptors (Lipinski definition) is 3. The molecule has 1 atom stereocenters. The zero-order valence-electron chi connectivity index (χ0n) is 10.6. The molecular formula is C14H17NO2S. The van der Waals surface area contributed by atoms with Crippen molar-refractivity contribution >= 4 is 27.3 Å². The first-order valence-electron chi connectivity index (χ1n) is 6.01. The van der Waals surface area contributed by atoms with Crippen LogP contribution in [0.1, 0.15) is 29.9 Å². The van der Waals surface area contributed by atoms with E-state index in [1.165, 1.54) is 11.3 Å². The molecule has 2 aromatic rings. The molecule has 1 amide bonds. The molecule has 18 heavy (non-hydrogen) atoms. The van der Waals surface area contributed by atoms with E-state index in [0.29, 0.717) is 11.3 Å². The predicted molar refractivity (Wildman–Crippen MR) is 75.1 cm³/mol. The Morgan fingerprint density at radius 2 is 2.17 bits per heavy atom. The van der Waals surface area contributed by atoms with Crippen molar-refractivity contribution in [1.29, 1.82) is 0 Å². The maximum absolute atomic E-state index is 12.0. The van der Waals surface area contributed by atoms with Gasteiger partial charge in [-0.25, -0.2) is 0 Å². The maximum atomic E-state index is 12.0. The van der Waals surface area contributed by atoms with E-state index in [1.54, 1.807) is 6.92 Å². The van der Waals surface area contributed by atoms with Crippen LogP contribution >= 0.6 is 11.3 Å². The van der Waals surface area contributed by atoms with Crippen molar-refractivity contribution < 1.29 is 9.90 Å². The maximum Gasteiger partial charge on any atom is 0.261 e. The van der Waals surface area contributed by atoms with Gasteiger partial charge in [-0.05, 0) is 30.9 Å². The lowest BCUT2D eigenvalue weighted by atomic mass is 10.0. The van der Waals surface area contributed by atoms with Gasteiger partial charge in [-0.3, -0.25) is 4.79 Å². The lowest BCUT2D eigenvalue weighted by molar-refractivity contribution is 0.0519. The minimum atomic E-state index is -0.841. The van der Waals surface area contributed by atoms with E-state index in [-0.39, 0.29) is 12.5 Å². The quantitative estimate of drug-likeness (QED) is 0.891. The second-order valence-corrected chi connectivity index (χ2v) is 5.77. The van der Waals surface area contributed by atoms with Crippen LogP contribution in [0.4, 0.5) is 0 Å². The Morgan fingerprint density at radius 3 is 2.83 bits per heavy atom. The standard InChI is InChI=1S/C14H17NO2S/c1-3-14(2,17)9-15-13(16)12-8-10-6-4-5-7-11(10)18-12/h4-8,17H,3,9H2,1-2H3,(H,15,16). The molecule has 0 saturated heterocycles. The molecule has 0 saturated carbocycles. The van der Waals surface area contributed by atoms with Gasteiger partial charge in [0, 0.05) is 11.2 Å². The molecule has 0 radical (unpaired) electrons. The van der Waals surface area contributed by atoms with Crippen molar-refractivity contribution in [1.82, 2.24) is 5.32 Å². The van der Waals surface area contributed by atoms with Gasteiger partial charge in [-0.15, -0.1) is 11.3 Å². The number of amides is 1. The molecule has 0 aliphatic rings. The third-order valence-electron chi connectivity index (χ3n) is 3.04. The van der Waals surface area contributed by atoms with E-state index in [0.717, 1.165) is 10.1 Å². The van der Waals surface area contributed by atoms with Gasteiger partial charge in [-0.1, -0.05) is 25.1 Å². The summed E-state index contributed by atoms with van der Waals surface area (Å²) < 4.78 is 1.10. The Kier molecular flexibility index (Phi) is 3.68. The van der Waals surface area contributed by atoms with E-state index in [1.807, 2.05) is 37.3 Å². The fourth-order valence-corrected chi connectivity index (χ4v) is 2.56. The van der Waals surface area contributed by atoms with Crippen LogP contribution in [0.25, 0.3) is 10.1 Å². The van der Waals surface area contributed by atoms with Gasteiger partial charge in [0.2, 0.25) is 0 Å². The summed E-state index contributed by atoms with van der Waals surface area (Å²) in [4.78, 5) is 12.6. The highest BCUT2D eigenvalue weighted by Crippen LogP contribution is 2.25. The highest BCUT2D eigenvalue weighted by Gasteiger charge is 2.19. The van der Waals surface area contributed by atoms with E-state index in [2.05, 4.69) is 5.32 Å². The van der Waals surface area contributed by atoms with Crippen LogP contribution in [0, 0.1) is 0 Å². The molecule has 2 rings (SSSR count). The summed E-state index contributed by atoms with van der Waals surface area (Å²) in [7, 11) is 0. The van der Waals surface area contributed by atoms with Crippen LogP contribution in [0.5, 0.6) is 0 Å². The van der Waals surface area contributed by atoms with Crippen molar-refractivity contribution in [2.75, 3.05) is 6.54 Å². The molecule has 1 aromatic heterocycles. The molecular weight excluding hydrogens is 246 g/mol. The van der Waals surface area contributed by atoms with Gasteiger partial charge in [0.15, 0.2) is 0 Å². The number of fused-ring (bicyclic) bond motifs is 1. The number of carbonyl (C=O) groups excluding carboxylic acids is 1. The lowest BCUT2D eigenvalue weighted by Gasteiger charge is -2.21. The second kappa shape index (κ2) is 5.08. The van der Waals surface area contributed by atoms with Crippen LogP contribution in [0.2, 0.25) is 0 Å². The Hall–Kier alpha value is -1.39. The van der Waals surface area contributed by atoms with Crippen LogP contribution in [0.3, 0.4) is 0 Å². The van der Waals surface area contributed by atoms with E-state index < -0.39 is 5.60 Å². The van der Waals surface area contributed by atoms with Crippen molar-refractivity contribution in [2.45, 2.75) is 25.9 Å². The minimum absolute atomic E-state index is 0.120. The molecule has 1 unspecified atom stereocenters. The number of nitrogens with one attached hydrogen (secondary N) is 1. The van der Waals surface area contributed by atoms with Crippen LogP contribution in [-0.2, 0) is 0 Å². The first kappa shape index (κ1) is 13.1. The minimum Gasteiger partial charge on any atom is -0.388 e. The molecule has 0 fully saturated rings. The summed E-state index contributed by atoms with van der Waals surface area (Å²) in [5, 5.41) is 13.7. The zero-order chi connectivity index (χ0) is 13.2. The fraction of sp³-hybridized carbons (Fsp3) is 0.357. The van der Waals surface area contributed by atoms with Gasteiger partial charge in [0.25, 0.3) is 5.91 Å². The smallest absolute Gasteiger partial charge is 0.261 e. The number of aliphatic hydroxyl groups is 1. The normalized spacial score (nSPS) is 14.4. The van der Waals surface area contributed by atoms with E-state index in [4.69, 9.17) is 0 Å². The molecule has 1 heterocycles. The van der Waals surface area contributed by atoms with Crippen LogP contribution in [0.15, 0.2) is 30.3 Å². The molecule has 0 aliphatic heterocycles. The second-order valence-electron chi connectivity index (χ2n) is 4.68. The number of benzene rings is 1. The van der Waals surface area contributed by atoms with E-state index in [9.17, 15) is 9.90 Å². The number of thiophene rings is 1. The van der Waals surface area contributed by atoms with Gasteiger partial charge >= 0.3 is 0 Å². The monoisotopic (exact) mass is 263 g/mol. The van der Waals surface area contributed by atoms with Crippen LogP contribution < -0.4 is 5.32 Å². The lowest BCUT2D eigenvalue weighted by Crippen LogP contribution is -2.39. The molecule has 4 heteroatoms. The van der Waals surface area contributed by atoms with Crippen molar-refractivity contribution in [3.05, 3.63) is 35.2 Å². The topological polar surface area (TPSA) is 49.3 Å². The van der Waals surface area contributed by atoms with Gasteiger partial charge in [0.05, 0.1) is 10.5 Å². The summed E-state index contributed by atoms with van der Waals surface area (Å²) in [5.74, 6) is -0.120. The third-order valence-corrected chi connectivity index (χ3v) is 4.16. The molecule has 3 nitrogen and oxygen atoms in total. The fourth-order valence-electron chi connectivity index (χ4n) is 1.58. The molecule has 1 aromatic carbocycles. The molecule has 0 spiro atoms. The summed E-state index contributed by atoms with van der Waals surface area (Å²) >= 11 is 1.47. The van der Waals surface area contributed by atoms with Crippen molar-refractivity contribution in [2.24, 2.45) is 0 Å². The summed E-state index contributed by atoms with van der Waals surface area (Å²) in [5.41, 5.74) is -0.841. The van der Waals surface area contributed by atoms with E-state index >= 15 is 0 Å². The van der Waals surface area contributed by atoms with Gasteiger partial charge in [0.1, 0.15) is 0 Å². The number of rotatable bonds is 4. The van der Waals surface area contributed by atoms with Crippen LogP contribution in [-0.4, -0.2) is 23.2 Å². The highest BCUT2D eigenvalue weighted by molar-refractivity contribution is 7.20. The average Bonchev–Trinajstić information content (AvgIpc) is 2.80. The molecule has 96 valence electrons. The van der Waals surface area contributed by atoms with Crippen molar-refractivity contribution in [3.8, 4) is 0 Å². The summed E-state index contributed by atoms with van der Waals surface area (Å²) in [6, 6.07) is 9.79. The number of carbonyl (C=O) groups is 1. The molecule has 0 aliphatic carbocycles. The zero-order valence-corrected chi connectivity index (χ0v) is 11.4. The molecule has 0 bridgehead atoms. The van der Waals surface area contributed by atoms with Gasteiger partial charge < -0.3 is 10.4 Å².